The third-order valence-corrected chi connectivity index (χ3v) is 13.0. The molecular formula is C20H17I2N2O2-. The number of hydrogen-bond donors (Lipinski definition) is 2. The van der Waals surface area contributed by atoms with Gasteiger partial charge >= 0.3 is 167 Å². The molecule has 5 rings (SSSR count). The van der Waals surface area contributed by atoms with E-state index in [0.29, 0.717) is 13.0 Å². The maximum absolute atomic E-state index is 12.6. The Kier molecular flexibility index (Phi) is 4.38. The topological polar surface area (TPSA) is 74.3 Å². The van der Waals surface area contributed by atoms with Crippen molar-refractivity contribution in [2.75, 3.05) is 5.73 Å². The van der Waals surface area contributed by atoms with E-state index in [0.717, 1.165) is 45.1 Å². The van der Waals surface area contributed by atoms with Crippen molar-refractivity contribution in [1.29, 1.82) is 0 Å². The van der Waals surface area contributed by atoms with Crippen molar-refractivity contribution >= 4 is 38.8 Å². The van der Waals surface area contributed by atoms with Crippen LogP contribution >= 0.6 is 16.5 Å². The predicted octanol–water partition coefficient (Wildman–Crippen LogP) is 1.59. The summed E-state index contributed by atoms with van der Waals surface area (Å²) in [5.74, 6) is 0.238. The minimum absolute atomic E-state index is 0.235. The first kappa shape index (κ1) is 16.9. The number of Topliss-reactive ketones (excluding diaryl/α,β-unsaturated/α-hetero) is 1. The van der Waals surface area contributed by atoms with Gasteiger partial charge in [-0.05, 0) is 0 Å². The number of ketones is 1. The molecule has 134 valence electrons. The van der Waals surface area contributed by atoms with Gasteiger partial charge in [0, 0.05) is 0 Å². The summed E-state index contributed by atoms with van der Waals surface area (Å²) >= 11 is -0.843. The van der Waals surface area contributed by atoms with Crippen molar-refractivity contribution in [2.24, 2.45) is 0 Å². The van der Waals surface area contributed by atoms with Crippen LogP contribution in [-0.4, -0.2) is 5.78 Å². The molecule has 3 aromatic rings. The standard InChI is InChI=1S/C20H17I2N2O2/c23-16-7-5-14-9-15-6-8-18(25)20(15)19(17(14)10-16)13-3-1-12(2-4-13)11-26-22-21-24-22/h1-5,7,9-10,24H,6,8,11,23H2/q-1. The molecule has 1 aliphatic carbocycles. The number of nitrogen functional groups attached to an aromatic ring is 1. The Morgan fingerprint density at radius 1 is 1.08 bits per heavy atom. The average Bonchev–Trinajstić information content (AvgIpc) is 3.42. The number of rotatable bonds is 4. The Bertz CT molecular complexity index is 1030. The summed E-state index contributed by atoms with van der Waals surface area (Å²) in [4.78, 5) is 12.6. The van der Waals surface area contributed by atoms with Crippen LogP contribution in [0.3, 0.4) is 0 Å². The Labute approximate surface area is 166 Å². The summed E-state index contributed by atoms with van der Waals surface area (Å²) in [6.45, 7) is 0.692. The number of halogens is 2. The number of carbonyl (C=O) groups excluding carboxylic acids is 1. The molecule has 4 nitrogen and oxygen atoms in total. The van der Waals surface area contributed by atoms with Crippen molar-refractivity contribution in [3.63, 3.8) is 0 Å². The van der Waals surface area contributed by atoms with Gasteiger partial charge in [0.15, 0.2) is 0 Å². The summed E-state index contributed by atoms with van der Waals surface area (Å²) in [6.07, 6.45) is 1.43. The van der Waals surface area contributed by atoms with Crippen LogP contribution in [0.15, 0.2) is 48.5 Å². The molecule has 0 aromatic heterocycles. The van der Waals surface area contributed by atoms with E-state index in [4.69, 9.17) is 8.80 Å². The molecule has 0 unspecified atom stereocenters. The van der Waals surface area contributed by atoms with Gasteiger partial charge < -0.3 is 0 Å². The molecule has 1 fully saturated rings. The molecule has 1 heterocycles. The first-order chi connectivity index (χ1) is 12.7. The van der Waals surface area contributed by atoms with Crippen LogP contribution in [0.4, 0.5) is 5.69 Å². The van der Waals surface area contributed by atoms with Crippen molar-refractivity contribution in [2.45, 2.75) is 19.4 Å². The van der Waals surface area contributed by atoms with Gasteiger partial charge in [-0.15, -0.1) is 0 Å². The zero-order chi connectivity index (χ0) is 17.7. The summed E-state index contributed by atoms with van der Waals surface area (Å²) in [5.41, 5.74) is 12.1. The SMILES string of the molecule is Nc1ccc2cc3c(c(-c4ccc(COI5N[I-]5)cc4)c2c1)C(=O)CC3. The van der Waals surface area contributed by atoms with Crippen LogP contribution in [0.1, 0.15) is 27.9 Å². The van der Waals surface area contributed by atoms with Crippen LogP contribution in [0.2, 0.25) is 0 Å². The third kappa shape index (κ3) is 3.12. The summed E-state index contributed by atoms with van der Waals surface area (Å²) in [7, 11) is 0. The number of benzene rings is 3. The van der Waals surface area contributed by atoms with E-state index in [1.165, 1.54) is 5.56 Å². The fourth-order valence-electron chi connectivity index (χ4n) is 3.59. The van der Waals surface area contributed by atoms with Crippen LogP contribution in [0, 0.1) is 0 Å². The van der Waals surface area contributed by atoms with Gasteiger partial charge in [-0.1, -0.05) is 0 Å². The van der Waals surface area contributed by atoms with E-state index >= 15 is 0 Å². The second kappa shape index (κ2) is 6.74. The van der Waals surface area contributed by atoms with Crippen LogP contribution in [-0.2, 0) is 16.1 Å². The van der Waals surface area contributed by atoms with E-state index in [1.54, 1.807) is 0 Å². The molecule has 1 saturated heterocycles. The molecule has 0 bridgehead atoms. The van der Waals surface area contributed by atoms with Crippen LogP contribution in [0.5, 0.6) is 0 Å². The number of hydrogen-bond acceptors (Lipinski definition) is 4. The Morgan fingerprint density at radius 2 is 1.88 bits per heavy atom. The van der Waals surface area contributed by atoms with Gasteiger partial charge in [0.25, 0.3) is 0 Å². The summed E-state index contributed by atoms with van der Waals surface area (Å²) in [6, 6.07) is 16.6. The van der Waals surface area contributed by atoms with Crippen molar-refractivity contribution in [1.82, 2.24) is 1.74 Å². The molecular weight excluding hydrogens is 554 g/mol. The Balaban J connectivity index is 1.63. The zero-order valence-electron chi connectivity index (χ0n) is 13.9. The third-order valence-electron chi connectivity index (χ3n) is 4.84. The molecule has 1 aliphatic heterocycles. The summed E-state index contributed by atoms with van der Waals surface area (Å²) < 4.78 is 9.28. The van der Waals surface area contributed by atoms with E-state index in [9.17, 15) is 4.79 Å². The number of anilines is 1. The second-order valence-corrected chi connectivity index (χ2v) is 19.5. The Morgan fingerprint density at radius 3 is 2.65 bits per heavy atom. The zero-order valence-corrected chi connectivity index (χ0v) is 18.2. The van der Waals surface area contributed by atoms with E-state index in [-0.39, 0.29) is 23.3 Å². The van der Waals surface area contributed by atoms with E-state index in [1.807, 2.05) is 12.1 Å². The fraction of sp³-hybridized carbons (Fsp3) is 0.150. The van der Waals surface area contributed by atoms with Gasteiger partial charge in [0.2, 0.25) is 0 Å². The first-order valence-electron chi connectivity index (χ1n) is 8.40. The fourth-order valence-corrected chi connectivity index (χ4v) is 10.1. The van der Waals surface area contributed by atoms with Gasteiger partial charge in [-0.2, -0.15) is 0 Å². The number of fused-ring (bicyclic) bond motifs is 2. The molecule has 0 saturated carbocycles. The van der Waals surface area contributed by atoms with Gasteiger partial charge in [0.05, 0.1) is 0 Å². The quantitative estimate of drug-likeness (QED) is 0.216. The molecule has 26 heavy (non-hydrogen) atoms. The van der Waals surface area contributed by atoms with E-state index in [2.05, 4.69) is 38.1 Å². The summed E-state index contributed by atoms with van der Waals surface area (Å²) in [5, 5.41) is 2.20. The number of carbonyl (C=O) groups is 1. The second-order valence-electron chi connectivity index (χ2n) is 6.49. The average molecular weight is 571 g/mol. The van der Waals surface area contributed by atoms with E-state index < -0.39 is 16.5 Å². The van der Waals surface area contributed by atoms with Crippen molar-refractivity contribution < 1.29 is 25.4 Å². The van der Waals surface area contributed by atoms with Crippen LogP contribution < -0.4 is 25.0 Å². The van der Waals surface area contributed by atoms with Gasteiger partial charge in [0.1, 0.15) is 0 Å². The number of aryl methyl sites for hydroxylation is 1. The first-order valence-corrected chi connectivity index (χ1v) is 17.7. The maximum atomic E-state index is 12.6. The normalized spacial score (nSPS) is 17.2. The molecule has 3 N–H and O–H groups in total. The molecule has 3 aromatic carbocycles. The Hall–Kier alpha value is -1.23. The van der Waals surface area contributed by atoms with Crippen molar-refractivity contribution in [3.8, 4) is 11.1 Å². The molecule has 6 heteroatoms. The van der Waals surface area contributed by atoms with Gasteiger partial charge in [-0.25, -0.2) is 0 Å². The minimum atomic E-state index is -1.08. The molecule has 0 radical (unpaired) electrons. The number of nitrogens with two attached hydrogens (primary N) is 1. The molecule has 2 aliphatic rings. The predicted molar refractivity (Wildman–Crippen MR) is 108 cm³/mol. The number of nitrogens with one attached hydrogen (secondary N) is 1. The van der Waals surface area contributed by atoms with Crippen molar-refractivity contribution in [3.05, 3.63) is 65.2 Å². The molecule has 0 amide bonds. The van der Waals surface area contributed by atoms with Gasteiger partial charge in [-0.3, -0.25) is 0 Å². The molecule has 0 spiro atoms. The van der Waals surface area contributed by atoms with Crippen LogP contribution in [0.25, 0.3) is 21.9 Å². The monoisotopic (exact) mass is 571 g/mol. The molecule has 0 atom stereocenters.